The molecule has 2 heterocycles. The van der Waals surface area contributed by atoms with Crippen molar-refractivity contribution in [3.05, 3.63) is 42.1 Å². The maximum Gasteiger partial charge on any atom is 0.159 e. The molecule has 0 aliphatic heterocycles. The van der Waals surface area contributed by atoms with Gasteiger partial charge in [-0.1, -0.05) is 6.92 Å². The molecule has 4 heteroatoms. The van der Waals surface area contributed by atoms with Gasteiger partial charge in [0.15, 0.2) is 5.78 Å². The lowest BCUT2D eigenvalue weighted by molar-refractivity contribution is 0.101. The van der Waals surface area contributed by atoms with Gasteiger partial charge in [0, 0.05) is 30.6 Å². The van der Waals surface area contributed by atoms with Crippen molar-refractivity contribution >= 4 is 5.78 Å². The largest absolute Gasteiger partial charge is 0.295 e. The number of Topliss-reactive ketones (excluding diaryl/α,β-unsaturated/α-hetero) is 1. The predicted molar refractivity (Wildman–Crippen MR) is 60.7 cm³/mol. The lowest BCUT2D eigenvalue weighted by Gasteiger charge is -2.06. The first-order valence-corrected chi connectivity index (χ1v) is 5.22. The van der Waals surface area contributed by atoms with Gasteiger partial charge in [-0.2, -0.15) is 0 Å². The van der Waals surface area contributed by atoms with Crippen molar-refractivity contribution in [1.82, 2.24) is 14.5 Å². The molecule has 4 nitrogen and oxygen atoms in total. The van der Waals surface area contributed by atoms with Crippen LogP contribution in [0.1, 0.15) is 30.0 Å². The summed E-state index contributed by atoms with van der Waals surface area (Å²) in [5.74, 6) is 1.72. The van der Waals surface area contributed by atoms with Crippen molar-refractivity contribution in [3.63, 3.8) is 0 Å². The van der Waals surface area contributed by atoms with Gasteiger partial charge in [0.2, 0.25) is 0 Å². The summed E-state index contributed by atoms with van der Waals surface area (Å²) >= 11 is 0. The number of imidazole rings is 1. The molecule has 0 unspecified atom stereocenters. The highest BCUT2D eigenvalue weighted by atomic mass is 16.1. The van der Waals surface area contributed by atoms with Crippen LogP contribution in [0.25, 0.3) is 5.82 Å². The van der Waals surface area contributed by atoms with Gasteiger partial charge in [-0.15, -0.1) is 0 Å². The first kappa shape index (κ1) is 10.5. The Bertz CT molecular complexity index is 516. The average molecular weight is 215 g/mol. The molecule has 0 aromatic carbocycles. The average Bonchev–Trinajstić information content (AvgIpc) is 2.77. The van der Waals surface area contributed by atoms with Crippen molar-refractivity contribution in [1.29, 1.82) is 0 Å². The number of ketones is 1. The molecule has 0 saturated carbocycles. The highest BCUT2D eigenvalue weighted by Crippen LogP contribution is 2.10. The first-order valence-electron chi connectivity index (χ1n) is 5.22. The second-order valence-electron chi connectivity index (χ2n) is 3.53. The minimum absolute atomic E-state index is 0.0433. The fourth-order valence-corrected chi connectivity index (χ4v) is 1.57. The Morgan fingerprint density at radius 2 is 2.19 bits per heavy atom. The number of aromatic nitrogens is 3. The Morgan fingerprint density at radius 1 is 1.38 bits per heavy atom. The summed E-state index contributed by atoms with van der Waals surface area (Å²) in [5, 5.41) is 0. The van der Waals surface area contributed by atoms with E-state index in [2.05, 4.69) is 9.97 Å². The Balaban J connectivity index is 2.48. The van der Waals surface area contributed by atoms with Crippen molar-refractivity contribution < 1.29 is 4.79 Å². The molecule has 2 aromatic heterocycles. The second-order valence-corrected chi connectivity index (χ2v) is 3.53. The summed E-state index contributed by atoms with van der Waals surface area (Å²) in [5.41, 5.74) is 0.667. The molecular weight excluding hydrogens is 202 g/mol. The van der Waals surface area contributed by atoms with E-state index in [1.165, 1.54) is 0 Å². The van der Waals surface area contributed by atoms with E-state index in [1.807, 2.05) is 17.7 Å². The third-order valence-corrected chi connectivity index (χ3v) is 2.43. The monoisotopic (exact) mass is 215 g/mol. The van der Waals surface area contributed by atoms with Crippen LogP contribution in [0.5, 0.6) is 0 Å². The minimum atomic E-state index is 0.0433. The number of hydrogen-bond donors (Lipinski definition) is 0. The van der Waals surface area contributed by atoms with Crippen LogP contribution in [0.3, 0.4) is 0 Å². The molecule has 0 N–H and O–H groups in total. The van der Waals surface area contributed by atoms with E-state index < -0.39 is 0 Å². The van der Waals surface area contributed by atoms with Crippen LogP contribution >= 0.6 is 0 Å². The van der Waals surface area contributed by atoms with Gasteiger partial charge in [0.25, 0.3) is 0 Å². The van der Waals surface area contributed by atoms with E-state index in [0.29, 0.717) is 5.56 Å². The highest BCUT2D eigenvalue weighted by molar-refractivity contribution is 5.94. The Kier molecular flexibility index (Phi) is 2.81. The van der Waals surface area contributed by atoms with Crippen molar-refractivity contribution in [2.24, 2.45) is 0 Å². The molecule has 0 fully saturated rings. The summed E-state index contributed by atoms with van der Waals surface area (Å²) in [6, 6.07) is 3.50. The number of rotatable bonds is 3. The summed E-state index contributed by atoms with van der Waals surface area (Å²) in [6.45, 7) is 3.58. The normalized spacial score (nSPS) is 10.4. The minimum Gasteiger partial charge on any atom is -0.295 e. The molecule has 16 heavy (non-hydrogen) atoms. The zero-order valence-corrected chi connectivity index (χ0v) is 9.34. The lowest BCUT2D eigenvalue weighted by Crippen LogP contribution is -2.03. The van der Waals surface area contributed by atoms with E-state index in [9.17, 15) is 4.79 Å². The number of carbonyl (C=O) groups is 1. The van der Waals surface area contributed by atoms with Crippen molar-refractivity contribution in [2.45, 2.75) is 20.3 Å². The van der Waals surface area contributed by atoms with Gasteiger partial charge in [-0.25, -0.2) is 9.97 Å². The Morgan fingerprint density at radius 3 is 2.88 bits per heavy atom. The fourth-order valence-electron chi connectivity index (χ4n) is 1.57. The molecule has 0 bridgehead atoms. The zero-order valence-electron chi connectivity index (χ0n) is 9.34. The zero-order chi connectivity index (χ0) is 11.5. The van der Waals surface area contributed by atoms with Gasteiger partial charge in [0.1, 0.15) is 11.6 Å². The number of hydrogen-bond acceptors (Lipinski definition) is 3. The quantitative estimate of drug-likeness (QED) is 0.736. The number of nitrogens with zero attached hydrogens (tertiary/aromatic N) is 3. The van der Waals surface area contributed by atoms with Crippen LogP contribution in [-0.2, 0) is 6.42 Å². The van der Waals surface area contributed by atoms with Gasteiger partial charge >= 0.3 is 0 Å². The first-order chi connectivity index (χ1) is 7.72. The summed E-state index contributed by atoms with van der Waals surface area (Å²) in [4.78, 5) is 19.7. The highest BCUT2D eigenvalue weighted by Gasteiger charge is 2.06. The molecule has 0 radical (unpaired) electrons. The van der Waals surface area contributed by atoms with E-state index in [1.54, 1.807) is 31.5 Å². The van der Waals surface area contributed by atoms with Crippen molar-refractivity contribution in [2.75, 3.05) is 0 Å². The van der Waals surface area contributed by atoms with Crippen LogP contribution in [-0.4, -0.2) is 20.3 Å². The Hall–Kier alpha value is -1.97. The maximum absolute atomic E-state index is 11.3. The standard InChI is InChI=1S/C12H13N3O/c1-3-11-14-6-7-15(11)12-8-10(9(2)16)4-5-13-12/h4-8H,3H2,1-2H3. The lowest BCUT2D eigenvalue weighted by atomic mass is 10.2. The topological polar surface area (TPSA) is 47.8 Å². The molecular formula is C12H13N3O. The molecule has 82 valence electrons. The molecule has 0 aliphatic rings. The van der Waals surface area contributed by atoms with Gasteiger partial charge in [0.05, 0.1) is 0 Å². The molecule has 0 atom stereocenters. The third kappa shape index (κ3) is 1.86. The Labute approximate surface area is 94.0 Å². The van der Waals surface area contributed by atoms with E-state index in [-0.39, 0.29) is 5.78 Å². The number of aryl methyl sites for hydroxylation is 1. The number of carbonyl (C=O) groups excluding carboxylic acids is 1. The predicted octanol–water partition coefficient (Wildman–Crippen LogP) is 2.03. The van der Waals surface area contributed by atoms with Gasteiger partial charge in [-0.3, -0.25) is 9.36 Å². The van der Waals surface area contributed by atoms with Gasteiger partial charge < -0.3 is 0 Å². The smallest absolute Gasteiger partial charge is 0.159 e. The summed E-state index contributed by atoms with van der Waals surface area (Å²) in [7, 11) is 0. The number of pyridine rings is 1. The van der Waals surface area contributed by atoms with Crippen LogP contribution in [0, 0.1) is 0 Å². The van der Waals surface area contributed by atoms with E-state index in [4.69, 9.17) is 0 Å². The van der Waals surface area contributed by atoms with Crippen LogP contribution in [0.2, 0.25) is 0 Å². The summed E-state index contributed by atoms with van der Waals surface area (Å²) < 4.78 is 1.90. The molecule has 2 aromatic rings. The van der Waals surface area contributed by atoms with Gasteiger partial charge in [-0.05, 0) is 19.1 Å². The van der Waals surface area contributed by atoms with E-state index >= 15 is 0 Å². The second kappa shape index (κ2) is 4.26. The molecule has 0 amide bonds. The maximum atomic E-state index is 11.3. The van der Waals surface area contributed by atoms with E-state index in [0.717, 1.165) is 18.1 Å². The van der Waals surface area contributed by atoms with Crippen LogP contribution in [0.15, 0.2) is 30.7 Å². The van der Waals surface area contributed by atoms with Crippen molar-refractivity contribution in [3.8, 4) is 5.82 Å². The van der Waals surface area contributed by atoms with Crippen LogP contribution in [0.4, 0.5) is 0 Å². The summed E-state index contributed by atoms with van der Waals surface area (Å²) in [6.07, 6.45) is 6.07. The molecule has 2 rings (SSSR count). The SMILES string of the molecule is CCc1nccn1-c1cc(C(C)=O)ccn1. The molecule has 0 aliphatic carbocycles. The van der Waals surface area contributed by atoms with Crippen LogP contribution < -0.4 is 0 Å². The molecule has 0 spiro atoms. The third-order valence-electron chi connectivity index (χ3n) is 2.43. The fraction of sp³-hybridized carbons (Fsp3) is 0.250. The molecule has 0 saturated heterocycles.